The third kappa shape index (κ3) is 6.49. The smallest absolute Gasteiger partial charge is 0.240 e. The number of hydrogen-bond donors (Lipinski definition) is 3. The summed E-state index contributed by atoms with van der Waals surface area (Å²) in [6, 6.07) is 6.01. The van der Waals surface area contributed by atoms with Gasteiger partial charge in [-0.05, 0) is 24.6 Å². The van der Waals surface area contributed by atoms with Crippen molar-refractivity contribution in [3.8, 4) is 0 Å². The first-order chi connectivity index (χ1) is 11.9. The number of ether oxygens (including phenoxy) is 2. The minimum Gasteiger partial charge on any atom is -0.383 e. The van der Waals surface area contributed by atoms with Crippen LogP contribution in [0, 0.1) is 0 Å². The lowest BCUT2D eigenvalue weighted by atomic mass is 10.1. The Morgan fingerprint density at radius 3 is 2.65 bits per heavy atom. The third-order valence-corrected chi connectivity index (χ3v) is 5.37. The van der Waals surface area contributed by atoms with Crippen molar-refractivity contribution in [3.05, 3.63) is 29.8 Å². The van der Waals surface area contributed by atoms with Gasteiger partial charge in [0.25, 0.3) is 0 Å². The van der Waals surface area contributed by atoms with E-state index in [0.29, 0.717) is 26.3 Å². The maximum atomic E-state index is 12.2. The Labute approximate surface area is 160 Å². The topological polar surface area (TPSA) is 106 Å². The molecule has 0 saturated carbocycles. The molecule has 0 bridgehead atoms. The summed E-state index contributed by atoms with van der Waals surface area (Å²) in [4.78, 5) is 12.4. The molecule has 1 heterocycles. The van der Waals surface area contributed by atoms with E-state index < -0.39 is 10.0 Å². The van der Waals surface area contributed by atoms with Crippen LogP contribution in [0.2, 0.25) is 0 Å². The van der Waals surface area contributed by atoms with E-state index in [1.165, 1.54) is 19.2 Å². The predicted molar refractivity (Wildman–Crippen MR) is 99.8 cm³/mol. The monoisotopic (exact) mass is 407 g/mol. The number of morpholine rings is 1. The first kappa shape index (κ1) is 22.8. The van der Waals surface area contributed by atoms with Crippen molar-refractivity contribution in [1.29, 1.82) is 0 Å². The van der Waals surface area contributed by atoms with Crippen LogP contribution in [0.4, 0.5) is 0 Å². The van der Waals surface area contributed by atoms with Crippen molar-refractivity contribution >= 4 is 28.3 Å². The number of sulfonamides is 1. The molecule has 26 heavy (non-hydrogen) atoms. The molecule has 1 aromatic rings. The zero-order valence-corrected chi connectivity index (χ0v) is 16.5. The Morgan fingerprint density at radius 2 is 2.04 bits per heavy atom. The number of carbonyl (C=O) groups excluding carboxylic acids is 1. The van der Waals surface area contributed by atoms with Crippen molar-refractivity contribution in [2.45, 2.75) is 30.5 Å². The van der Waals surface area contributed by atoms with E-state index in [-0.39, 0.29) is 41.9 Å². The van der Waals surface area contributed by atoms with Gasteiger partial charge in [0.1, 0.15) is 6.04 Å². The minimum absolute atomic E-state index is 0. The van der Waals surface area contributed by atoms with E-state index in [1.54, 1.807) is 12.1 Å². The highest BCUT2D eigenvalue weighted by molar-refractivity contribution is 7.89. The number of benzene rings is 1. The molecule has 1 fully saturated rings. The average molecular weight is 408 g/mol. The number of carbonyl (C=O) groups is 1. The van der Waals surface area contributed by atoms with Crippen LogP contribution in [0.5, 0.6) is 0 Å². The van der Waals surface area contributed by atoms with E-state index in [1.807, 2.05) is 6.92 Å². The maximum Gasteiger partial charge on any atom is 0.240 e. The van der Waals surface area contributed by atoms with Gasteiger partial charge in [-0.15, -0.1) is 12.4 Å². The second-order valence-corrected chi connectivity index (χ2v) is 7.53. The Bertz CT molecular complexity index is 669. The molecule has 10 heteroatoms. The Balaban J connectivity index is 0.00000338. The van der Waals surface area contributed by atoms with Crippen LogP contribution in [0.1, 0.15) is 12.5 Å². The molecule has 148 valence electrons. The molecule has 0 radical (unpaired) electrons. The normalized spacial score (nSPS) is 20.2. The van der Waals surface area contributed by atoms with E-state index in [2.05, 4.69) is 15.4 Å². The molecular weight excluding hydrogens is 382 g/mol. The summed E-state index contributed by atoms with van der Waals surface area (Å²) in [5, 5.41) is 5.96. The Morgan fingerprint density at radius 1 is 1.35 bits per heavy atom. The Kier molecular flexibility index (Phi) is 9.48. The van der Waals surface area contributed by atoms with Crippen LogP contribution >= 0.6 is 12.4 Å². The van der Waals surface area contributed by atoms with Gasteiger partial charge in [-0.1, -0.05) is 12.1 Å². The van der Waals surface area contributed by atoms with Crippen LogP contribution in [0.3, 0.4) is 0 Å². The molecule has 1 aliphatic rings. The molecule has 1 saturated heterocycles. The standard InChI is InChI=1S/C16H25N3O5S.ClH/c1-12-15(17-7-10-24-12)16(20)18-11-13-3-5-14(6-4-13)25(21,22)19-8-9-23-2;/h3-6,12,15,17,19H,7-11H2,1-2H3,(H,18,20);1H/t12-,15+;/m1./s1. The zero-order chi connectivity index (χ0) is 18.3. The fraction of sp³-hybridized carbons (Fsp3) is 0.562. The summed E-state index contributed by atoms with van der Waals surface area (Å²) in [6.07, 6.45) is -0.181. The molecule has 8 nitrogen and oxygen atoms in total. The van der Waals surface area contributed by atoms with Crippen LogP contribution in [0.15, 0.2) is 29.2 Å². The van der Waals surface area contributed by atoms with Crippen molar-refractivity contribution in [1.82, 2.24) is 15.4 Å². The average Bonchev–Trinajstić information content (AvgIpc) is 2.60. The molecule has 1 aromatic carbocycles. The van der Waals surface area contributed by atoms with Gasteiger partial charge in [0.05, 0.1) is 24.2 Å². The highest BCUT2D eigenvalue weighted by atomic mass is 35.5. The maximum absolute atomic E-state index is 12.2. The number of halogens is 1. The van der Waals surface area contributed by atoms with Gasteiger partial charge >= 0.3 is 0 Å². The molecule has 3 N–H and O–H groups in total. The summed E-state index contributed by atoms with van der Waals surface area (Å²) in [5.41, 5.74) is 0.813. The first-order valence-electron chi connectivity index (χ1n) is 8.14. The van der Waals surface area contributed by atoms with Gasteiger partial charge in [0.2, 0.25) is 15.9 Å². The molecule has 0 unspecified atom stereocenters. The van der Waals surface area contributed by atoms with Crippen molar-refractivity contribution in [2.24, 2.45) is 0 Å². The number of amides is 1. The highest BCUT2D eigenvalue weighted by Crippen LogP contribution is 2.11. The second kappa shape index (κ2) is 10.8. The van der Waals surface area contributed by atoms with Crippen LogP contribution < -0.4 is 15.4 Å². The second-order valence-electron chi connectivity index (χ2n) is 5.76. The third-order valence-electron chi connectivity index (χ3n) is 3.90. The van der Waals surface area contributed by atoms with E-state index >= 15 is 0 Å². The lowest BCUT2D eigenvalue weighted by molar-refractivity contribution is -0.129. The van der Waals surface area contributed by atoms with Gasteiger partial charge in [0.15, 0.2) is 0 Å². The fourth-order valence-corrected chi connectivity index (χ4v) is 3.49. The molecule has 0 spiro atoms. The molecular formula is C16H26ClN3O5S. The first-order valence-corrected chi connectivity index (χ1v) is 9.62. The highest BCUT2D eigenvalue weighted by Gasteiger charge is 2.27. The number of hydrogen-bond acceptors (Lipinski definition) is 6. The lowest BCUT2D eigenvalue weighted by Crippen LogP contribution is -2.55. The quantitative estimate of drug-likeness (QED) is 0.525. The van der Waals surface area contributed by atoms with E-state index in [9.17, 15) is 13.2 Å². The van der Waals surface area contributed by atoms with Crippen LogP contribution in [0.25, 0.3) is 0 Å². The van der Waals surface area contributed by atoms with E-state index in [4.69, 9.17) is 9.47 Å². The molecule has 1 aliphatic heterocycles. The molecule has 2 rings (SSSR count). The van der Waals surface area contributed by atoms with Crippen molar-refractivity contribution in [2.75, 3.05) is 33.4 Å². The van der Waals surface area contributed by atoms with E-state index in [0.717, 1.165) is 5.56 Å². The molecule has 2 atom stereocenters. The van der Waals surface area contributed by atoms with Gasteiger partial charge in [0, 0.05) is 26.7 Å². The van der Waals surface area contributed by atoms with Gasteiger partial charge in [-0.2, -0.15) is 0 Å². The molecule has 1 amide bonds. The number of nitrogens with one attached hydrogen (secondary N) is 3. The zero-order valence-electron chi connectivity index (χ0n) is 14.9. The van der Waals surface area contributed by atoms with Crippen LogP contribution in [-0.2, 0) is 30.8 Å². The van der Waals surface area contributed by atoms with Gasteiger partial charge in [-0.25, -0.2) is 13.1 Å². The summed E-state index contributed by atoms with van der Waals surface area (Å²) >= 11 is 0. The summed E-state index contributed by atoms with van der Waals surface area (Å²) < 4.78 is 36.9. The number of rotatable bonds is 8. The van der Waals surface area contributed by atoms with Gasteiger partial charge < -0.3 is 20.1 Å². The Hall–Kier alpha value is -1.23. The molecule has 0 aromatic heterocycles. The van der Waals surface area contributed by atoms with Crippen LogP contribution in [-0.4, -0.2) is 59.9 Å². The summed E-state index contributed by atoms with van der Waals surface area (Å²) in [5.74, 6) is -0.134. The van der Waals surface area contributed by atoms with Gasteiger partial charge in [-0.3, -0.25) is 4.79 Å². The number of methoxy groups -OCH3 is 1. The predicted octanol–water partition coefficient (Wildman–Crippen LogP) is 0.0262. The minimum atomic E-state index is -3.55. The summed E-state index contributed by atoms with van der Waals surface area (Å²) in [7, 11) is -2.04. The lowest BCUT2D eigenvalue weighted by Gasteiger charge is -2.29. The molecule has 0 aliphatic carbocycles. The van der Waals surface area contributed by atoms with Crippen molar-refractivity contribution < 1.29 is 22.7 Å². The van der Waals surface area contributed by atoms with Crippen molar-refractivity contribution in [3.63, 3.8) is 0 Å². The fourth-order valence-electron chi connectivity index (χ4n) is 2.47. The summed E-state index contributed by atoms with van der Waals surface area (Å²) in [6.45, 7) is 3.93. The largest absolute Gasteiger partial charge is 0.383 e. The SMILES string of the molecule is COCCNS(=O)(=O)c1ccc(CNC(=O)[C@H]2NCCO[C@@H]2C)cc1.Cl.